The average Bonchev–Trinajstić information content (AvgIpc) is 3.10. The summed E-state index contributed by atoms with van der Waals surface area (Å²) in [5.41, 5.74) is 7.00. The molecule has 1 aliphatic rings. The molecule has 2 aromatic heterocycles. The molecule has 0 bridgehead atoms. The van der Waals surface area contributed by atoms with Crippen molar-refractivity contribution >= 4 is 17.5 Å². The average molecular weight is 334 g/mol. The van der Waals surface area contributed by atoms with Crippen LogP contribution in [0.5, 0.6) is 0 Å². The smallest absolute Gasteiger partial charge is 0.432 e. The van der Waals surface area contributed by atoms with Gasteiger partial charge in [-0.1, -0.05) is 0 Å². The number of nitrogen functional groups attached to an aromatic ring is 1. The second-order valence-electron chi connectivity index (χ2n) is 6.40. The van der Waals surface area contributed by atoms with E-state index < -0.39 is 11.8 Å². The second-order valence-corrected chi connectivity index (χ2v) is 6.40. The molecule has 1 aliphatic heterocycles. The van der Waals surface area contributed by atoms with E-state index in [1.807, 2.05) is 19.1 Å². The van der Waals surface area contributed by atoms with Crippen LogP contribution in [0.1, 0.15) is 39.3 Å². The number of fused-ring (bicyclic) bond motifs is 1. The van der Waals surface area contributed by atoms with Crippen LogP contribution in [0, 0.1) is 0 Å². The maximum atomic E-state index is 11.5. The van der Waals surface area contributed by atoms with E-state index in [1.165, 1.54) is 6.33 Å². The van der Waals surface area contributed by atoms with Gasteiger partial charge in [0.15, 0.2) is 5.82 Å². The van der Waals surface area contributed by atoms with Gasteiger partial charge in [-0.05, 0) is 45.7 Å². The highest BCUT2D eigenvalue weighted by molar-refractivity contribution is 5.65. The van der Waals surface area contributed by atoms with Gasteiger partial charge in [0.05, 0.1) is 17.9 Å². The second kappa shape index (κ2) is 6.27. The number of ether oxygens (including phenoxy) is 3. The lowest BCUT2D eigenvalue weighted by Crippen LogP contribution is -2.27. The number of hydrogen-bond donors (Lipinski definition) is 1. The number of carbonyl (C=O) groups is 1. The van der Waals surface area contributed by atoms with E-state index >= 15 is 0 Å². The summed E-state index contributed by atoms with van der Waals surface area (Å²) in [6.07, 6.45) is 1.93. The van der Waals surface area contributed by atoms with E-state index in [0.717, 1.165) is 24.1 Å². The van der Waals surface area contributed by atoms with Crippen LogP contribution in [0.25, 0.3) is 5.52 Å². The zero-order valence-corrected chi connectivity index (χ0v) is 14.1. The summed E-state index contributed by atoms with van der Waals surface area (Å²) in [5.74, 6) is 0.425. The number of aromatic nitrogens is 3. The highest BCUT2D eigenvalue weighted by Gasteiger charge is 2.40. The molecule has 130 valence electrons. The van der Waals surface area contributed by atoms with Crippen LogP contribution in [0.15, 0.2) is 18.5 Å². The summed E-state index contributed by atoms with van der Waals surface area (Å²) in [4.78, 5) is 15.5. The van der Waals surface area contributed by atoms with E-state index in [-0.39, 0.29) is 18.8 Å². The lowest BCUT2D eigenvalue weighted by molar-refractivity contribution is -0.0668. The Balaban J connectivity index is 1.69. The molecule has 0 radical (unpaired) electrons. The van der Waals surface area contributed by atoms with Crippen LogP contribution in [-0.2, 0) is 19.8 Å². The highest BCUT2D eigenvalue weighted by Crippen LogP contribution is 2.39. The molecule has 0 aromatic carbocycles. The van der Waals surface area contributed by atoms with Gasteiger partial charge in [-0.2, -0.15) is 5.10 Å². The molecule has 0 amide bonds. The molecule has 8 nitrogen and oxygen atoms in total. The maximum absolute atomic E-state index is 11.5. The standard InChI is InChI=1S/C16H22N4O4/c1-10(2)23-15(21)22-8-11-6-7-16(3,24-11)13-5-4-12-14(17)18-9-19-20(12)13/h4-5,9-11H,6-8H2,1-3H3,(H2,17,18,19)/t11-,16+/m0/s1. The first kappa shape index (κ1) is 16.5. The maximum Gasteiger partial charge on any atom is 0.508 e. The first-order valence-corrected chi connectivity index (χ1v) is 7.99. The van der Waals surface area contributed by atoms with Crippen LogP contribution < -0.4 is 5.73 Å². The van der Waals surface area contributed by atoms with E-state index in [4.69, 9.17) is 19.9 Å². The Hall–Kier alpha value is -2.35. The lowest BCUT2D eigenvalue weighted by atomic mass is 9.98. The van der Waals surface area contributed by atoms with Gasteiger partial charge < -0.3 is 19.9 Å². The van der Waals surface area contributed by atoms with E-state index in [9.17, 15) is 4.79 Å². The molecular formula is C16H22N4O4. The van der Waals surface area contributed by atoms with Crippen molar-refractivity contribution in [3.63, 3.8) is 0 Å². The van der Waals surface area contributed by atoms with Gasteiger partial charge in [0.1, 0.15) is 24.1 Å². The molecule has 24 heavy (non-hydrogen) atoms. The monoisotopic (exact) mass is 334 g/mol. The molecule has 0 aliphatic carbocycles. The summed E-state index contributed by atoms with van der Waals surface area (Å²) in [5, 5.41) is 4.26. The van der Waals surface area contributed by atoms with E-state index in [2.05, 4.69) is 10.1 Å². The molecule has 2 atom stereocenters. The van der Waals surface area contributed by atoms with Crippen molar-refractivity contribution in [3.05, 3.63) is 24.2 Å². The largest absolute Gasteiger partial charge is 0.508 e. The minimum atomic E-state index is -0.671. The fraction of sp³-hybridized carbons (Fsp3) is 0.562. The number of nitrogens with zero attached hydrogens (tertiary/aromatic N) is 3. The molecule has 3 rings (SSSR count). The van der Waals surface area contributed by atoms with Crippen molar-refractivity contribution in [2.75, 3.05) is 12.3 Å². The molecule has 0 saturated carbocycles. The minimum Gasteiger partial charge on any atom is -0.432 e. The molecule has 3 heterocycles. The zero-order chi connectivity index (χ0) is 17.3. The SMILES string of the molecule is CC(C)OC(=O)OC[C@@H]1CC[C@](C)(c2ccc3c(N)ncnn23)O1. The molecular weight excluding hydrogens is 312 g/mol. The Morgan fingerprint density at radius 3 is 3.08 bits per heavy atom. The number of rotatable bonds is 4. The molecule has 1 fully saturated rings. The van der Waals surface area contributed by atoms with Gasteiger partial charge in [0.2, 0.25) is 0 Å². The molecule has 2 aromatic rings. The fourth-order valence-corrected chi connectivity index (χ4v) is 2.97. The molecule has 8 heteroatoms. The summed E-state index contributed by atoms with van der Waals surface area (Å²) >= 11 is 0. The van der Waals surface area contributed by atoms with E-state index in [1.54, 1.807) is 18.4 Å². The van der Waals surface area contributed by atoms with Crippen LogP contribution in [0.3, 0.4) is 0 Å². The quantitative estimate of drug-likeness (QED) is 0.856. The van der Waals surface area contributed by atoms with Crippen molar-refractivity contribution in [2.24, 2.45) is 0 Å². The third-order valence-electron chi connectivity index (χ3n) is 4.11. The van der Waals surface area contributed by atoms with Crippen molar-refractivity contribution in [1.29, 1.82) is 0 Å². The zero-order valence-electron chi connectivity index (χ0n) is 14.1. The van der Waals surface area contributed by atoms with Crippen molar-refractivity contribution in [2.45, 2.75) is 51.4 Å². The summed E-state index contributed by atoms with van der Waals surface area (Å²) < 4.78 is 18.0. The van der Waals surface area contributed by atoms with Crippen molar-refractivity contribution < 1.29 is 19.0 Å². The van der Waals surface area contributed by atoms with Crippen LogP contribution in [0.4, 0.5) is 10.6 Å². The molecule has 1 saturated heterocycles. The van der Waals surface area contributed by atoms with Gasteiger partial charge in [0, 0.05) is 0 Å². The third kappa shape index (κ3) is 3.14. The number of hydrogen-bond acceptors (Lipinski definition) is 7. The molecule has 0 unspecified atom stereocenters. The number of carbonyl (C=O) groups excluding carboxylic acids is 1. The summed E-state index contributed by atoms with van der Waals surface area (Å²) in [7, 11) is 0. The number of anilines is 1. The van der Waals surface area contributed by atoms with Crippen LogP contribution in [-0.4, -0.2) is 39.6 Å². The Bertz CT molecular complexity index is 745. The predicted octanol–water partition coefficient (Wildman–Crippen LogP) is 2.27. The molecule has 0 spiro atoms. The van der Waals surface area contributed by atoms with Crippen molar-refractivity contribution in [1.82, 2.24) is 14.6 Å². The highest BCUT2D eigenvalue weighted by atomic mass is 16.7. The van der Waals surface area contributed by atoms with Gasteiger partial charge in [-0.15, -0.1) is 0 Å². The van der Waals surface area contributed by atoms with E-state index in [0.29, 0.717) is 5.82 Å². The van der Waals surface area contributed by atoms with Gasteiger partial charge >= 0.3 is 6.16 Å². The number of nitrogens with two attached hydrogens (primary N) is 1. The van der Waals surface area contributed by atoms with Crippen molar-refractivity contribution in [3.8, 4) is 0 Å². The van der Waals surface area contributed by atoms with Gasteiger partial charge in [0.25, 0.3) is 0 Å². The Morgan fingerprint density at radius 2 is 2.33 bits per heavy atom. The Kier molecular flexibility index (Phi) is 4.31. The van der Waals surface area contributed by atoms with Crippen LogP contribution in [0.2, 0.25) is 0 Å². The Morgan fingerprint density at radius 1 is 1.54 bits per heavy atom. The predicted molar refractivity (Wildman–Crippen MR) is 86.4 cm³/mol. The first-order chi connectivity index (χ1) is 11.4. The Labute approximate surface area is 139 Å². The summed E-state index contributed by atoms with van der Waals surface area (Å²) in [6, 6.07) is 3.82. The third-order valence-corrected chi connectivity index (χ3v) is 4.11. The minimum absolute atomic E-state index is 0.168. The lowest BCUT2D eigenvalue weighted by Gasteiger charge is -2.24. The van der Waals surface area contributed by atoms with Gasteiger partial charge in [-0.25, -0.2) is 14.3 Å². The van der Waals surface area contributed by atoms with Crippen LogP contribution >= 0.6 is 0 Å². The topological polar surface area (TPSA) is 101 Å². The first-order valence-electron chi connectivity index (χ1n) is 7.99. The fourth-order valence-electron chi connectivity index (χ4n) is 2.97. The molecule has 2 N–H and O–H groups in total. The normalized spacial score (nSPS) is 23.8. The van der Waals surface area contributed by atoms with Gasteiger partial charge in [-0.3, -0.25) is 0 Å². The summed E-state index contributed by atoms with van der Waals surface area (Å²) in [6.45, 7) is 5.71.